The maximum atomic E-state index is 3.66. The van der Waals surface area contributed by atoms with Gasteiger partial charge >= 0.3 is 0 Å². The van der Waals surface area contributed by atoms with Crippen LogP contribution >= 0.6 is 0 Å². The first-order chi connectivity index (χ1) is 9.35. The average Bonchev–Trinajstić information content (AvgIpc) is 2.36. The van der Waals surface area contributed by atoms with Gasteiger partial charge in [0.1, 0.15) is 0 Å². The summed E-state index contributed by atoms with van der Waals surface area (Å²) in [5.41, 5.74) is 0.577. The van der Waals surface area contributed by atoms with Gasteiger partial charge in [0.05, 0.1) is 0 Å². The Bertz CT molecular complexity index is 250. The van der Waals surface area contributed by atoms with Gasteiger partial charge in [0.2, 0.25) is 0 Å². The van der Waals surface area contributed by atoms with Gasteiger partial charge in [-0.2, -0.15) is 0 Å². The molecule has 20 heavy (non-hydrogen) atoms. The Morgan fingerprint density at radius 3 is 2.25 bits per heavy atom. The maximum absolute atomic E-state index is 3.66. The fourth-order valence-corrected chi connectivity index (χ4v) is 3.41. The van der Waals surface area contributed by atoms with Crippen molar-refractivity contribution in [2.24, 2.45) is 11.3 Å². The van der Waals surface area contributed by atoms with E-state index in [0.29, 0.717) is 11.5 Å². The van der Waals surface area contributed by atoms with Crippen molar-refractivity contribution >= 4 is 0 Å². The molecule has 120 valence electrons. The van der Waals surface area contributed by atoms with Gasteiger partial charge in [-0.15, -0.1) is 0 Å². The van der Waals surface area contributed by atoms with E-state index in [1.165, 1.54) is 38.5 Å². The van der Waals surface area contributed by atoms with Crippen LogP contribution in [0.4, 0.5) is 0 Å². The summed E-state index contributed by atoms with van der Waals surface area (Å²) >= 11 is 0. The highest BCUT2D eigenvalue weighted by Gasteiger charge is 2.30. The highest BCUT2D eigenvalue weighted by Crippen LogP contribution is 2.37. The molecule has 0 aromatic heterocycles. The van der Waals surface area contributed by atoms with Crippen LogP contribution in [0.5, 0.6) is 0 Å². The highest BCUT2D eigenvalue weighted by molar-refractivity contribution is 4.86. The van der Waals surface area contributed by atoms with E-state index in [9.17, 15) is 0 Å². The van der Waals surface area contributed by atoms with Crippen molar-refractivity contribution in [3.05, 3.63) is 0 Å². The van der Waals surface area contributed by atoms with Gasteiger partial charge in [0.15, 0.2) is 0 Å². The molecule has 1 unspecified atom stereocenters. The van der Waals surface area contributed by atoms with E-state index in [0.717, 1.165) is 25.0 Å². The van der Waals surface area contributed by atoms with E-state index in [4.69, 9.17) is 0 Å². The van der Waals surface area contributed by atoms with Crippen molar-refractivity contribution in [3.63, 3.8) is 0 Å². The fraction of sp³-hybridized carbons (Fsp3) is 1.00. The Morgan fingerprint density at radius 1 is 1.15 bits per heavy atom. The second kappa shape index (κ2) is 8.38. The molecule has 0 aliphatic heterocycles. The number of nitrogens with zero attached hydrogens (tertiary/aromatic N) is 1. The molecule has 0 saturated heterocycles. The predicted molar refractivity (Wildman–Crippen MR) is 90.2 cm³/mol. The molecule has 2 heteroatoms. The number of nitrogens with one attached hydrogen (secondary N) is 1. The SMILES string of the molecule is CCCC(CNCC(C)C)N(C)C1CCC(C)(C)CC1. The van der Waals surface area contributed by atoms with Gasteiger partial charge in [-0.05, 0) is 57.0 Å². The third-order valence-electron chi connectivity index (χ3n) is 5.02. The summed E-state index contributed by atoms with van der Waals surface area (Å²) in [6, 6.07) is 1.52. The number of rotatable bonds is 8. The van der Waals surface area contributed by atoms with Crippen LogP contribution in [0.15, 0.2) is 0 Å². The fourth-order valence-electron chi connectivity index (χ4n) is 3.41. The van der Waals surface area contributed by atoms with Crippen LogP contribution in [0.1, 0.15) is 73.1 Å². The summed E-state index contributed by atoms with van der Waals surface area (Å²) in [5.74, 6) is 0.748. The Labute approximate surface area is 127 Å². The van der Waals surface area contributed by atoms with Crippen molar-refractivity contribution in [1.82, 2.24) is 10.2 Å². The molecule has 0 spiro atoms. The van der Waals surface area contributed by atoms with Crippen LogP contribution in [0.25, 0.3) is 0 Å². The molecule has 2 nitrogen and oxygen atoms in total. The van der Waals surface area contributed by atoms with E-state index in [1.807, 2.05) is 0 Å². The molecule has 1 fully saturated rings. The minimum Gasteiger partial charge on any atom is -0.315 e. The summed E-state index contributed by atoms with van der Waals surface area (Å²) in [7, 11) is 2.36. The van der Waals surface area contributed by atoms with Crippen molar-refractivity contribution in [2.45, 2.75) is 85.2 Å². The van der Waals surface area contributed by atoms with Crippen LogP contribution < -0.4 is 5.32 Å². The minimum atomic E-state index is 0.577. The molecule has 1 aliphatic carbocycles. The van der Waals surface area contributed by atoms with Gasteiger partial charge in [-0.1, -0.05) is 41.0 Å². The first-order valence-corrected chi connectivity index (χ1v) is 8.78. The molecule has 1 N–H and O–H groups in total. The monoisotopic (exact) mass is 282 g/mol. The lowest BCUT2D eigenvalue weighted by Crippen LogP contribution is -2.47. The van der Waals surface area contributed by atoms with Crippen LogP contribution in [0.3, 0.4) is 0 Å². The first-order valence-electron chi connectivity index (χ1n) is 8.78. The molecule has 1 atom stereocenters. The van der Waals surface area contributed by atoms with Crippen molar-refractivity contribution in [3.8, 4) is 0 Å². The molecule has 1 saturated carbocycles. The quantitative estimate of drug-likeness (QED) is 0.714. The first kappa shape index (κ1) is 18.0. The molecule has 0 aromatic carbocycles. The lowest BCUT2D eigenvalue weighted by molar-refractivity contribution is 0.0893. The Morgan fingerprint density at radius 2 is 1.75 bits per heavy atom. The highest BCUT2D eigenvalue weighted by atomic mass is 15.2. The van der Waals surface area contributed by atoms with Crippen molar-refractivity contribution in [2.75, 3.05) is 20.1 Å². The molecule has 0 radical (unpaired) electrons. The van der Waals surface area contributed by atoms with Crippen molar-refractivity contribution in [1.29, 1.82) is 0 Å². The molecule has 1 rings (SSSR count). The largest absolute Gasteiger partial charge is 0.315 e. The Kier molecular flexibility index (Phi) is 7.53. The van der Waals surface area contributed by atoms with E-state index < -0.39 is 0 Å². The zero-order valence-corrected chi connectivity index (χ0v) is 14.8. The Balaban J connectivity index is 2.44. The normalized spacial score (nSPS) is 21.6. The second-order valence-corrected chi connectivity index (χ2v) is 8.06. The van der Waals surface area contributed by atoms with Gasteiger partial charge in [0.25, 0.3) is 0 Å². The van der Waals surface area contributed by atoms with Gasteiger partial charge < -0.3 is 5.32 Å². The molecule has 0 amide bonds. The summed E-state index contributed by atoms with van der Waals surface area (Å²) < 4.78 is 0. The third-order valence-corrected chi connectivity index (χ3v) is 5.02. The predicted octanol–water partition coefficient (Wildman–Crippen LogP) is 4.30. The molecule has 0 heterocycles. The number of likely N-dealkylation sites (N-methyl/N-ethyl adjacent to an activating group) is 1. The van der Waals surface area contributed by atoms with Crippen LogP contribution in [-0.4, -0.2) is 37.1 Å². The summed E-state index contributed by atoms with van der Waals surface area (Å²) in [5, 5.41) is 3.66. The van der Waals surface area contributed by atoms with E-state index in [1.54, 1.807) is 0 Å². The molecule has 0 bridgehead atoms. The third kappa shape index (κ3) is 6.13. The minimum absolute atomic E-state index is 0.577. The molecular formula is C18H38N2. The number of hydrogen-bond acceptors (Lipinski definition) is 2. The maximum Gasteiger partial charge on any atom is 0.0220 e. The topological polar surface area (TPSA) is 15.3 Å². The van der Waals surface area contributed by atoms with Crippen LogP contribution in [0.2, 0.25) is 0 Å². The average molecular weight is 283 g/mol. The van der Waals surface area contributed by atoms with E-state index in [2.05, 4.69) is 51.9 Å². The van der Waals surface area contributed by atoms with Gasteiger partial charge in [-0.25, -0.2) is 0 Å². The van der Waals surface area contributed by atoms with E-state index in [-0.39, 0.29) is 0 Å². The van der Waals surface area contributed by atoms with Gasteiger partial charge in [-0.3, -0.25) is 4.90 Å². The van der Waals surface area contributed by atoms with Crippen LogP contribution in [0, 0.1) is 11.3 Å². The zero-order chi connectivity index (χ0) is 15.2. The lowest BCUT2D eigenvalue weighted by atomic mass is 9.75. The summed E-state index contributed by atoms with van der Waals surface area (Å²) in [4.78, 5) is 2.69. The standard InChI is InChI=1S/C18H38N2/c1-7-8-17(14-19-13-15(2)3)20(6)16-9-11-18(4,5)12-10-16/h15-17,19H,7-14H2,1-6H3. The second-order valence-electron chi connectivity index (χ2n) is 8.06. The summed E-state index contributed by atoms with van der Waals surface area (Å²) in [6.07, 6.45) is 8.15. The molecular weight excluding hydrogens is 244 g/mol. The smallest absolute Gasteiger partial charge is 0.0220 e. The van der Waals surface area contributed by atoms with E-state index >= 15 is 0 Å². The van der Waals surface area contributed by atoms with Crippen molar-refractivity contribution < 1.29 is 0 Å². The Hall–Kier alpha value is -0.0800. The zero-order valence-electron chi connectivity index (χ0n) is 14.8. The van der Waals surface area contributed by atoms with Crippen LogP contribution in [-0.2, 0) is 0 Å². The summed E-state index contributed by atoms with van der Waals surface area (Å²) in [6.45, 7) is 14.0. The molecule has 1 aliphatic rings. The lowest BCUT2D eigenvalue weighted by Gasteiger charge is -2.42. The molecule has 0 aromatic rings. The number of hydrogen-bond donors (Lipinski definition) is 1. The van der Waals surface area contributed by atoms with Gasteiger partial charge in [0, 0.05) is 18.6 Å².